The van der Waals surface area contributed by atoms with Crippen LogP contribution in [-0.2, 0) is 12.8 Å². The van der Waals surface area contributed by atoms with Crippen LogP contribution in [0.5, 0.6) is 0 Å². The SMILES string of the molecule is N=CCCCCc1ccc(CCNC(=O)c2ccc(C3CCCCC3)c(Cl)c2)cc1. The van der Waals surface area contributed by atoms with E-state index in [1.165, 1.54) is 55.0 Å². The maximum atomic E-state index is 12.5. The first kappa shape index (κ1) is 22.6. The van der Waals surface area contributed by atoms with Crippen molar-refractivity contribution < 1.29 is 4.79 Å². The molecule has 1 saturated carbocycles. The van der Waals surface area contributed by atoms with E-state index in [4.69, 9.17) is 17.0 Å². The number of aryl methyl sites for hydroxylation is 1. The minimum atomic E-state index is -0.0603. The molecule has 30 heavy (non-hydrogen) atoms. The molecule has 160 valence electrons. The third-order valence-electron chi connectivity index (χ3n) is 6.09. The van der Waals surface area contributed by atoms with Crippen LogP contribution in [0, 0.1) is 5.41 Å². The summed E-state index contributed by atoms with van der Waals surface area (Å²) in [4.78, 5) is 12.5. The molecule has 1 aliphatic rings. The normalized spacial score (nSPS) is 14.4. The van der Waals surface area contributed by atoms with Crippen molar-refractivity contribution in [2.75, 3.05) is 6.54 Å². The van der Waals surface area contributed by atoms with Gasteiger partial charge in [-0.1, -0.05) is 61.2 Å². The number of carbonyl (C=O) groups is 1. The first-order valence-electron chi connectivity index (χ1n) is 11.3. The number of unbranched alkanes of at least 4 members (excludes halogenated alkanes) is 2. The van der Waals surface area contributed by atoms with Crippen LogP contribution in [0.1, 0.15) is 84.3 Å². The Labute approximate surface area is 185 Å². The highest BCUT2D eigenvalue weighted by Gasteiger charge is 2.19. The lowest BCUT2D eigenvalue weighted by atomic mass is 9.84. The molecule has 4 heteroatoms. The van der Waals surface area contributed by atoms with Crippen molar-refractivity contribution in [1.82, 2.24) is 5.32 Å². The van der Waals surface area contributed by atoms with Crippen LogP contribution >= 0.6 is 11.6 Å². The summed E-state index contributed by atoms with van der Waals surface area (Å²) >= 11 is 6.51. The predicted molar refractivity (Wildman–Crippen MR) is 126 cm³/mol. The maximum Gasteiger partial charge on any atom is 0.251 e. The predicted octanol–water partition coefficient (Wildman–Crippen LogP) is 6.72. The maximum absolute atomic E-state index is 12.5. The van der Waals surface area contributed by atoms with Crippen molar-refractivity contribution in [3.8, 4) is 0 Å². The summed E-state index contributed by atoms with van der Waals surface area (Å²) in [5, 5.41) is 10.8. The summed E-state index contributed by atoms with van der Waals surface area (Å²) in [6.45, 7) is 0.611. The number of halogens is 1. The van der Waals surface area contributed by atoms with E-state index in [9.17, 15) is 4.79 Å². The summed E-state index contributed by atoms with van der Waals surface area (Å²) in [7, 11) is 0. The van der Waals surface area contributed by atoms with Crippen LogP contribution in [0.2, 0.25) is 5.02 Å². The molecule has 0 radical (unpaired) electrons. The summed E-state index contributed by atoms with van der Waals surface area (Å²) in [5.74, 6) is 0.484. The Morgan fingerprint density at radius 3 is 2.37 bits per heavy atom. The summed E-state index contributed by atoms with van der Waals surface area (Å²) in [6.07, 6.45) is 12.7. The summed E-state index contributed by atoms with van der Waals surface area (Å²) < 4.78 is 0. The average molecular weight is 425 g/mol. The molecule has 0 atom stereocenters. The minimum absolute atomic E-state index is 0.0603. The Hall–Kier alpha value is -2.13. The number of rotatable bonds is 10. The molecule has 0 saturated heterocycles. The van der Waals surface area contributed by atoms with Gasteiger partial charge in [-0.05, 0) is 85.9 Å². The van der Waals surface area contributed by atoms with Crippen molar-refractivity contribution in [3.63, 3.8) is 0 Å². The van der Waals surface area contributed by atoms with Gasteiger partial charge < -0.3 is 10.7 Å². The number of amides is 1. The van der Waals surface area contributed by atoms with Gasteiger partial charge in [-0.2, -0.15) is 0 Å². The Bertz CT molecular complexity index is 825. The molecule has 1 amide bonds. The zero-order valence-electron chi connectivity index (χ0n) is 17.8. The van der Waals surface area contributed by atoms with E-state index in [0.717, 1.165) is 37.1 Å². The van der Waals surface area contributed by atoms with Gasteiger partial charge in [0.1, 0.15) is 0 Å². The first-order valence-corrected chi connectivity index (χ1v) is 11.7. The number of carbonyl (C=O) groups excluding carboxylic acids is 1. The lowest BCUT2D eigenvalue weighted by Crippen LogP contribution is -2.25. The van der Waals surface area contributed by atoms with Gasteiger partial charge in [0.05, 0.1) is 0 Å². The average Bonchev–Trinajstić information content (AvgIpc) is 2.78. The molecular formula is C26H33ClN2O. The van der Waals surface area contributed by atoms with Crippen molar-refractivity contribution in [3.05, 3.63) is 69.7 Å². The van der Waals surface area contributed by atoms with Crippen LogP contribution in [-0.4, -0.2) is 18.7 Å². The Kier molecular flexibility index (Phi) is 8.95. The van der Waals surface area contributed by atoms with Gasteiger partial charge in [-0.3, -0.25) is 4.79 Å². The third kappa shape index (κ3) is 6.70. The monoisotopic (exact) mass is 424 g/mol. The van der Waals surface area contributed by atoms with Crippen molar-refractivity contribution in [2.24, 2.45) is 0 Å². The lowest BCUT2D eigenvalue weighted by molar-refractivity contribution is 0.0954. The van der Waals surface area contributed by atoms with Crippen molar-refractivity contribution in [1.29, 1.82) is 5.41 Å². The Morgan fingerprint density at radius 2 is 1.70 bits per heavy atom. The zero-order valence-corrected chi connectivity index (χ0v) is 18.5. The molecule has 1 fully saturated rings. The number of hydrogen-bond acceptors (Lipinski definition) is 2. The molecule has 2 N–H and O–H groups in total. The summed E-state index contributed by atoms with van der Waals surface area (Å²) in [6, 6.07) is 14.4. The van der Waals surface area contributed by atoms with E-state index in [-0.39, 0.29) is 5.91 Å². The number of hydrogen-bond donors (Lipinski definition) is 2. The molecule has 0 spiro atoms. The molecule has 0 heterocycles. The van der Waals surface area contributed by atoms with E-state index < -0.39 is 0 Å². The van der Waals surface area contributed by atoms with Gasteiger partial charge in [-0.15, -0.1) is 0 Å². The molecule has 2 aromatic carbocycles. The Balaban J connectivity index is 1.45. The zero-order chi connectivity index (χ0) is 21.2. The van der Waals surface area contributed by atoms with Gasteiger partial charge in [0, 0.05) is 17.1 Å². The Morgan fingerprint density at radius 1 is 1.00 bits per heavy atom. The number of benzene rings is 2. The van der Waals surface area contributed by atoms with E-state index in [2.05, 4.69) is 29.6 Å². The fourth-order valence-corrected chi connectivity index (χ4v) is 4.62. The first-order chi connectivity index (χ1) is 14.7. The largest absolute Gasteiger partial charge is 0.352 e. The van der Waals surface area contributed by atoms with Gasteiger partial charge in [0.15, 0.2) is 0 Å². The van der Waals surface area contributed by atoms with E-state index in [1.807, 2.05) is 18.2 Å². The molecule has 0 aromatic heterocycles. The van der Waals surface area contributed by atoms with Gasteiger partial charge >= 0.3 is 0 Å². The smallest absolute Gasteiger partial charge is 0.251 e. The van der Waals surface area contributed by atoms with Gasteiger partial charge in [-0.25, -0.2) is 0 Å². The van der Waals surface area contributed by atoms with E-state index in [1.54, 1.807) is 0 Å². The van der Waals surface area contributed by atoms with Gasteiger partial charge in [0.25, 0.3) is 5.91 Å². The number of nitrogens with one attached hydrogen (secondary N) is 2. The van der Waals surface area contributed by atoms with Gasteiger partial charge in [0.2, 0.25) is 0 Å². The highest BCUT2D eigenvalue weighted by atomic mass is 35.5. The second-order valence-electron chi connectivity index (χ2n) is 8.34. The molecule has 0 bridgehead atoms. The highest BCUT2D eigenvalue weighted by molar-refractivity contribution is 6.31. The summed E-state index contributed by atoms with van der Waals surface area (Å²) in [5.41, 5.74) is 4.40. The molecule has 1 aliphatic carbocycles. The fourth-order valence-electron chi connectivity index (χ4n) is 4.28. The molecule has 0 unspecified atom stereocenters. The molecule has 3 nitrogen and oxygen atoms in total. The van der Waals surface area contributed by atoms with Crippen molar-refractivity contribution in [2.45, 2.75) is 70.1 Å². The molecular weight excluding hydrogens is 392 g/mol. The molecule has 0 aliphatic heterocycles. The lowest BCUT2D eigenvalue weighted by Gasteiger charge is -2.23. The highest BCUT2D eigenvalue weighted by Crippen LogP contribution is 2.36. The molecule has 3 rings (SSSR count). The quantitative estimate of drug-likeness (QED) is 0.322. The van der Waals surface area contributed by atoms with Crippen LogP contribution in [0.3, 0.4) is 0 Å². The van der Waals surface area contributed by atoms with Crippen LogP contribution in [0.25, 0.3) is 0 Å². The van der Waals surface area contributed by atoms with E-state index >= 15 is 0 Å². The second-order valence-corrected chi connectivity index (χ2v) is 8.75. The minimum Gasteiger partial charge on any atom is -0.352 e. The van der Waals surface area contributed by atoms with Crippen LogP contribution < -0.4 is 5.32 Å². The van der Waals surface area contributed by atoms with Crippen molar-refractivity contribution >= 4 is 23.7 Å². The fraction of sp³-hybridized carbons (Fsp3) is 0.462. The van der Waals surface area contributed by atoms with E-state index in [0.29, 0.717) is 18.0 Å². The standard InChI is InChI=1S/C26H33ClN2O/c27-25-19-23(14-15-24(25)22-8-4-1-5-9-22)26(30)29-18-16-21-12-10-20(11-13-21)7-3-2-6-17-28/h10-15,17,19,22,28H,1-9,16,18H2,(H,29,30). The topological polar surface area (TPSA) is 53.0 Å². The van der Waals surface area contributed by atoms with Crippen LogP contribution in [0.15, 0.2) is 42.5 Å². The van der Waals surface area contributed by atoms with Crippen LogP contribution in [0.4, 0.5) is 0 Å². The molecule has 2 aromatic rings. The third-order valence-corrected chi connectivity index (χ3v) is 6.42. The second kappa shape index (κ2) is 11.9.